The van der Waals surface area contributed by atoms with Crippen LogP contribution >= 0.6 is 0 Å². The zero-order chi connectivity index (χ0) is 13.1. The van der Waals surface area contributed by atoms with Crippen molar-refractivity contribution in [1.29, 1.82) is 0 Å². The predicted molar refractivity (Wildman–Crippen MR) is 73.8 cm³/mol. The van der Waals surface area contributed by atoms with Gasteiger partial charge in [-0.2, -0.15) is 0 Å². The number of hydrogen-bond donors (Lipinski definition) is 0. The van der Waals surface area contributed by atoms with Crippen LogP contribution in [0.2, 0.25) is 0 Å². The van der Waals surface area contributed by atoms with Gasteiger partial charge in [-0.15, -0.1) is 0 Å². The number of nitrogens with zero attached hydrogens (tertiary/aromatic N) is 2. The van der Waals surface area contributed by atoms with Gasteiger partial charge in [-0.1, -0.05) is 18.2 Å². The Morgan fingerprint density at radius 2 is 2.00 bits per heavy atom. The maximum absolute atomic E-state index is 13.8. The molecule has 2 nitrogen and oxygen atoms in total. The van der Waals surface area contributed by atoms with Gasteiger partial charge in [0.25, 0.3) is 0 Å². The molecule has 0 fully saturated rings. The third kappa shape index (κ3) is 2.16. The van der Waals surface area contributed by atoms with Gasteiger partial charge in [-0.3, -0.25) is 4.99 Å². The minimum absolute atomic E-state index is 0.261. The average Bonchev–Trinajstić information content (AvgIpc) is 2.39. The Labute approximate surface area is 106 Å². The second kappa shape index (κ2) is 5.08. The smallest absolute Gasteiger partial charge is 0.154 e. The van der Waals surface area contributed by atoms with Gasteiger partial charge in [0, 0.05) is 18.2 Å². The van der Waals surface area contributed by atoms with Crippen molar-refractivity contribution in [3.05, 3.63) is 58.9 Å². The van der Waals surface area contributed by atoms with Crippen molar-refractivity contribution in [1.82, 2.24) is 0 Å². The summed E-state index contributed by atoms with van der Waals surface area (Å²) in [6.07, 6.45) is 3.94. The number of amidine groups is 1. The van der Waals surface area contributed by atoms with Gasteiger partial charge in [-0.05, 0) is 37.6 Å². The second-order valence-electron chi connectivity index (χ2n) is 4.06. The van der Waals surface area contributed by atoms with Crippen molar-refractivity contribution < 1.29 is 4.39 Å². The number of hydrogen-bond acceptors (Lipinski definition) is 1. The third-order valence-electron chi connectivity index (χ3n) is 2.87. The van der Waals surface area contributed by atoms with E-state index in [1.165, 1.54) is 6.07 Å². The van der Waals surface area contributed by atoms with Crippen molar-refractivity contribution in [3.63, 3.8) is 0 Å². The molecule has 92 valence electrons. The molecular weight excluding hydrogens is 227 g/mol. The van der Waals surface area contributed by atoms with Gasteiger partial charge in [0.2, 0.25) is 0 Å². The molecule has 18 heavy (non-hydrogen) atoms. The number of rotatable bonds is 1. The Balaban J connectivity index is 2.56. The van der Waals surface area contributed by atoms with Crippen LogP contribution in [0.4, 0.5) is 4.39 Å². The van der Waals surface area contributed by atoms with Gasteiger partial charge < -0.3 is 0 Å². The Morgan fingerprint density at radius 3 is 2.61 bits per heavy atom. The van der Waals surface area contributed by atoms with E-state index in [1.54, 1.807) is 19.2 Å². The number of allylic oxidation sites excluding steroid dienone is 2. The van der Waals surface area contributed by atoms with Crippen molar-refractivity contribution in [3.8, 4) is 0 Å². The Morgan fingerprint density at radius 1 is 1.28 bits per heavy atom. The van der Waals surface area contributed by atoms with Crippen molar-refractivity contribution in [2.75, 3.05) is 7.05 Å². The molecule has 0 N–H and O–H groups in total. The van der Waals surface area contributed by atoms with E-state index in [0.717, 1.165) is 11.1 Å². The molecule has 2 rings (SSSR count). The van der Waals surface area contributed by atoms with E-state index in [-0.39, 0.29) is 5.82 Å². The Kier molecular flexibility index (Phi) is 3.51. The summed E-state index contributed by atoms with van der Waals surface area (Å²) in [4.78, 5) is 8.59. The molecule has 1 aliphatic heterocycles. The maximum Gasteiger partial charge on any atom is 0.154 e. The van der Waals surface area contributed by atoms with E-state index >= 15 is 0 Å². The molecule has 0 spiro atoms. The molecule has 0 unspecified atom stereocenters. The molecule has 0 radical (unpaired) electrons. The van der Waals surface area contributed by atoms with Crippen molar-refractivity contribution >= 4 is 11.5 Å². The molecule has 0 atom stereocenters. The van der Waals surface area contributed by atoms with Crippen LogP contribution in [0.1, 0.15) is 19.4 Å². The highest BCUT2D eigenvalue weighted by Crippen LogP contribution is 2.20. The zero-order valence-electron chi connectivity index (χ0n) is 10.7. The van der Waals surface area contributed by atoms with Crippen molar-refractivity contribution in [2.45, 2.75) is 13.8 Å². The van der Waals surface area contributed by atoms with Gasteiger partial charge in [-0.25, -0.2) is 9.38 Å². The predicted octanol–water partition coefficient (Wildman–Crippen LogP) is 3.55. The number of aliphatic imine (C=N–C) groups is 2. The third-order valence-corrected chi connectivity index (χ3v) is 2.87. The lowest BCUT2D eigenvalue weighted by atomic mass is 9.97. The molecule has 1 aromatic carbocycles. The molecule has 1 heterocycles. The lowest BCUT2D eigenvalue weighted by Gasteiger charge is -2.15. The minimum Gasteiger partial charge on any atom is -0.270 e. The highest BCUT2D eigenvalue weighted by atomic mass is 19.1. The first kappa shape index (κ1) is 12.4. The van der Waals surface area contributed by atoms with E-state index in [0.29, 0.717) is 17.1 Å². The van der Waals surface area contributed by atoms with Crippen LogP contribution in [-0.4, -0.2) is 18.6 Å². The molecule has 0 aromatic heterocycles. The molecular formula is C15H15FN2. The van der Waals surface area contributed by atoms with Crippen LogP contribution in [0.5, 0.6) is 0 Å². The van der Waals surface area contributed by atoms with Crippen molar-refractivity contribution in [2.24, 2.45) is 9.98 Å². The number of dihydropyridines is 1. The Bertz CT molecular complexity index is 592. The van der Waals surface area contributed by atoms with E-state index in [1.807, 2.05) is 32.1 Å². The standard InChI is InChI=1S/C15H15FN2/c1-4-11-9-10(2)14(18-15(11)17-3)12-7-5-6-8-13(12)16/h4-9H,1-3H3/b11-4-,17-15?. The SMILES string of the molecule is C/C=C1/C=C(C)C(c2ccccc2F)=NC1=NC. The molecule has 0 saturated carbocycles. The summed E-state index contributed by atoms with van der Waals surface area (Å²) in [5, 5.41) is 0. The molecule has 1 aliphatic rings. The van der Waals surface area contributed by atoms with E-state index < -0.39 is 0 Å². The second-order valence-corrected chi connectivity index (χ2v) is 4.06. The molecule has 0 bridgehead atoms. The summed E-state index contributed by atoms with van der Waals surface area (Å²) in [5.41, 5.74) is 3.08. The van der Waals surface area contributed by atoms with E-state index in [4.69, 9.17) is 0 Å². The maximum atomic E-state index is 13.8. The summed E-state index contributed by atoms with van der Waals surface area (Å²) >= 11 is 0. The fourth-order valence-electron chi connectivity index (χ4n) is 1.94. The quantitative estimate of drug-likeness (QED) is 0.719. The fraction of sp³-hybridized carbons (Fsp3) is 0.200. The number of halogens is 1. The van der Waals surface area contributed by atoms with Gasteiger partial charge in [0.05, 0.1) is 5.71 Å². The lowest BCUT2D eigenvalue weighted by molar-refractivity contribution is 0.625. The van der Waals surface area contributed by atoms with Crippen LogP contribution in [0.25, 0.3) is 0 Å². The highest BCUT2D eigenvalue weighted by molar-refractivity contribution is 6.23. The summed E-state index contributed by atoms with van der Waals surface area (Å²) in [5.74, 6) is 0.379. The van der Waals surface area contributed by atoms with Crippen LogP contribution < -0.4 is 0 Å². The first-order valence-corrected chi connectivity index (χ1v) is 5.83. The monoisotopic (exact) mass is 242 g/mol. The van der Waals surface area contributed by atoms with E-state index in [2.05, 4.69) is 9.98 Å². The topological polar surface area (TPSA) is 24.7 Å². The summed E-state index contributed by atoms with van der Waals surface area (Å²) < 4.78 is 13.8. The van der Waals surface area contributed by atoms with E-state index in [9.17, 15) is 4.39 Å². The highest BCUT2D eigenvalue weighted by Gasteiger charge is 2.17. The lowest BCUT2D eigenvalue weighted by Crippen LogP contribution is -2.15. The normalized spacial score (nSPS) is 20.0. The zero-order valence-corrected chi connectivity index (χ0v) is 10.7. The molecule has 0 amide bonds. The first-order chi connectivity index (χ1) is 8.67. The van der Waals surface area contributed by atoms with Gasteiger partial charge >= 0.3 is 0 Å². The largest absolute Gasteiger partial charge is 0.270 e. The van der Waals surface area contributed by atoms with Gasteiger partial charge in [0.15, 0.2) is 5.84 Å². The van der Waals surface area contributed by atoms with Crippen LogP contribution in [0.3, 0.4) is 0 Å². The summed E-state index contributed by atoms with van der Waals surface area (Å²) in [7, 11) is 1.69. The van der Waals surface area contributed by atoms with Crippen LogP contribution in [0.15, 0.2) is 57.5 Å². The number of benzene rings is 1. The Hall–Kier alpha value is -2.03. The molecule has 0 aliphatic carbocycles. The van der Waals surface area contributed by atoms with Crippen LogP contribution in [-0.2, 0) is 0 Å². The summed E-state index contributed by atoms with van der Waals surface area (Å²) in [6.45, 7) is 3.87. The van der Waals surface area contributed by atoms with Crippen LogP contribution in [0, 0.1) is 5.82 Å². The average molecular weight is 242 g/mol. The summed E-state index contributed by atoms with van der Waals surface area (Å²) in [6, 6.07) is 6.66. The fourth-order valence-corrected chi connectivity index (χ4v) is 1.94. The minimum atomic E-state index is -0.261. The van der Waals surface area contributed by atoms with Gasteiger partial charge in [0.1, 0.15) is 5.82 Å². The molecule has 3 heteroatoms. The first-order valence-electron chi connectivity index (χ1n) is 5.83. The molecule has 0 saturated heterocycles. The molecule has 1 aromatic rings.